The van der Waals surface area contributed by atoms with Crippen molar-refractivity contribution >= 4 is 27.3 Å². The van der Waals surface area contributed by atoms with Crippen LogP contribution in [0.3, 0.4) is 0 Å². The maximum Gasteiger partial charge on any atom is 0.259 e. The minimum atomic E-state index is -3.43. The zero-order chi connectivity index (χ0) is 19.5. The number of carbonyl (C=O) groups is 1. The predicted molar refractivity (Wildman–Crippen MR) is 105 cm³/mol. The largest absolute Gasteiger partial charge is 0.496 e. The first-order valence-electron chi connectivity index (χ1n) is 8.16. The van der Waals surface area contributed by atoms with Crippen LogP contribution in [0.2, 0.25) is 0 Å². The second-order valence-corrected chi connectivity index (χ2v) is 8.36. The van der Waals surface area contributed by atoms with Crippen LogP contribution in [0.15, 0.2) is 42.5 Å². The van der Waals surface area contributed by atoms with Gasteiger partial charge in [0, 0.05) is 12.7 Å². The number of ether oxygens (including phenoxy) is 1. The molecule has 0 radical (unpaired) electrons. The van der Waals surface area contributed by atoms with Crippen LogP contribution < -0.4 is 14.4 Å². The molecule has 0 saturated heterocycles. The zero-order valence-corrected chi connectivity index (χ0v) is 16.4. The van der Waals surface area contributed by atoms with Crippen molar-refractivity contribution in [2.45, 2.75) is 19.8 Å². The molecule has 0 fully saturated rings. The third-order valence-corrected chi connectivity index (χ3v) is 5.33. The van der Waals surface area contributed by atoms with Gasteiger partial charge in [-0.15, -0.1) is 0 Å². The molecule has 7 heteroatoms. The van der Waals surface area contributed by atoms with Gasteiger partial charge in [0.1, 0.15) is 5.75 Å². The highest BCUT2D eigenvalue weighted by molar-refractivity contribution is 7.92. The molecular formula is C19H24N2O4S. The van der Waals surface area contributed by atoms with E-state index in [1.165, 1.54) is 25.8 Å². The Bertz CT molecular complexity index is 890. The summed E-state index contributed by atoms with van der Waals surface area (Å²) in [5, 5.41) is 2.82. The van der Waals surface area contributed by atoms with Crippen LogP contribution in [-0.4, -0.2) is 34.7 Å². The van der Waals surface area contributed by atoms with Crippen LogP contribution in [0.5, 0.6) is 5.75 Å². The quantitative estimate of drug-likeness (QED) is 0.838. The summed E-state index contributed by atoms with van der Waals surface area (Å²) in [7, 11) is -0.533. The van der Waals surface area contributed by atoms with Gasteiger partial charge in [-0.1, -0.05) is 26.0 Å². The summed E-state index contributed by atoms with van der Waals surface area (Å²) in [6.45, 7) is 4.20. The van der Waals surface area contributed by atoms with Gasteiger partial charge >= 0.3 is 0 Å². The van der Waals surface area contributed by atoms with Crippen molar-refractivity contribution in [3.63, 3.8) is 0 Å². The number of amides is 1. The van der Waals surface area contributed by atoms with E-state index in [9.17, 15) is 13.2 Å². The van der Waals surface area contributed by atoms with Gasteiger partial charge < -0.3 is 10.1 Å². The Labute approximate surface area is 154 Å². The smallest absolute Gasteiger partial charge is 0.259 e. The molecule has 0 bridgehead atoms. The van der Waals surface area contributed by atoms with E-state index in [-0.39, 0.29) is 11.5 Å². The molecule has 6 nitrogen and oxygen atoms in total. The monoisotopic (exact) mass is 376 g/mol. The molecule has 0 atom stereocenters. The van der Waals surface area contributed by atoms with Gasteiger partial charge in [-0.3, -0.25) is 9.10 Å². The molecule has 0 spiro atoms. The van der Waals surface area contributed by atoms with E-state index in [2.05, 4.69) is 19.2 Å². The molecule has 2 rings (SSSR count). The third-order valence-electron chi connectivity index (χ3n) is 4.12. The third kappa shape index (κ3) is 4.54. The first-order chi connectivity index (χ1) is 12.1. The Morgan fingerprint density at radius 2 is 1.73 bits per heavy atom. The van der Waals surface area contributed by atoms with Crippen molar-refractivity contribution in [3.8, 4) is 5.75 Å². The van der Waals surface area contributed by atoms with Gasteiger partial charge in [0.2, 0.25) is 10.0 Å². The Morgan fingerprint density at radius 1 is 1.12 bits per heavy atom. The minimum Gasteiger partial charge on any atom is -0.496 e. The number of methoxy groups -OCH3 is 1. The highest BCUT2D eigenvalue weighted by atomic mass is 32.2. The molecule has 1 amide bonds. The maximum atomic E-state index is 12.7. The van der Waals surface area contributed by atoms with Crippen molar-refractivity contribution < 1.29 is 17.9 Å². The number of nitrogens with one attached hydrogen (secondary N) is 1. The molecule has 0 aliphatic heterocycles. The number of carbonyl (C=O) groups excluding carboxylic acids is 1. The highest BCUT2D eigenvalue weighted by Gasteiger charge is 2.18. The number of sulfonamides is 1. The van der Waals surface area contributed by atoms with Crippen LogP contribution in [-0.2, 0) is 10.0 Å². The first kappa shape index (κ1) is 19.8. The lowest BCUT2D eigenvalue weighted by atomic mass is 10.0. The van der Waals surface area contributed by atoms with Gasteiger partial charge in [0.25, 0.3) is 5.91 Å². The molecule has 140 valence electrons. The van der Waals surface area contributed by atoms with E-state index < -0.39 is 10.0 Å². The summed E-state index contributed by atoms with van der Waals surface area (Å²) >= 11 is 0. The molecule has 2 aromatic rings. The number of benzene rings is 2. The second kappa shape index (κ2) is 7.78. The van der Waals surface area contributed by atoms with E-state index in [0.717, 1.165) is 10.6 Å². The van der Waals surface area contributed by atoms with E-state index >= 15 is 0 Å². The Balaban J connectivity index is 2.31. The van der Waals surface area contributed by atoms with E-state index in [4.69, 9.17) is 4.74 Å². The molecule has 2 aromatic carbocycles. The van der Waals surface area contributed by atoms with Gasteiger partial charge in [0.05, 0.1) is 24.6 Å². The van der Waals surface area contributed by atoms with Crippen molar-refractivity contribution in [2.75, 3.05) is 30.0 Å². The lowest BCUT2D eigenvalue weighted by Gasteiger charge is -2.18. The number of hydrogen-bond donors (Lipinski definition) is 1. The van der Waals surface area contributed by atoms with E-state index in [1.54, 1.807) is 12.1 Å². The topological polar surface area (TPSA) is 75.7 Å². The van der Waals surface area contributed by atoms with E-state index in [0.29, 0.717) is 23.0 Å². The molecular weight excluding hydrogens is 352 g/mol. The SMILES string of the molecule is COc1ccc(N(C)S(C)(=O)=O)cc1C(=O)Nc1ccc(C(C)C)cc1. The molecule has 0 heterocycles. The van der Waals surface area contributed by atoms with Crippen molar-refractivity contribution in [2.24, 2.45) is 0 Å². The summed E-state index contributed by atoms with van der Waals surface area (Å²) in [5.74, 6) is 0.401. The maximum absolute atomic E-state index is 12.7. The number of anilines is 2. The van der Waals surface area contributed by atoms with Crippen molar-refractivity contribution in [1.82, 2.24) is 0 Å². The summed E-state index contributed by atoms with van der Waals surface area (Å²) in [6.07, 6.45) is 1.10. The van der Waals surface area contributed by atoms with Gasteiger partial charge in [0.15, 0.2) is 0 Å². The average molecular weight is 376 g/mol. The summed E-state index contributed by atoms with van der Waals surface area (Å²) in [5.41, 5.74) is 2.47. The second-order valence-electron chi connectivity index (χ2n) is 6.35. The fourth-order valence-corrected chi connectivity index (χ4v) is 2.91. The van der Waals surface area contributed by atoms with Gasteiger partial charge in [-0.05, 0) is 41.8 Å². The lowest BCUT2D eigenvalue weighted by Crippen LogP contribution is -2.25. The fourth-order valence-electron chi connectivity index (χ4n) is 2.41. The predicted octanol–water partition coefficient (Wildman–Crippen LogP) is 3.47. The fraction of sp³-hybridized carbons (Fsp3) is 0.316. The molecule has 1 N–H and O–H groups in total. The van der Waals surface area contributed by atoms with E-state index in [1.807, 2.05) is 24.3 Å². The zero-order valence-electron chi connectivity index (χ0n) is 15.6. The highest BCUT2D eigenvalue weighted by Crippen LogP contribution is 2.27. The summed E-state index contributed by atoms with van der Waals surface area (Å²) in [4.78, 5) is 12.7. The molecule has 0 unspecified atom stereocenters. The van der Waals surface area contributed by atoms with Crippen LogP contribution in [0.1, 0.15) is 35.7 Å². The number of hydrogen-bond acceptors (Lipinski definition) is 4. The van der Waals surface area contributed by atoms with Gasteiger partial charge in [-0.25, -0.2) is 8.42 Å². The molecule has 0 aliphatic carbocycles. The molecule has 26 heavy (non-hydrogen) atoms. The Morgan fingerprint density at radius 3 is 2.23 bits per heavy atom. The van der Waals surface area contributed by atoms with Crippen LogP contribution in [0, 0.1) is 0 Å². The van der Waals surface area contributed by atoms with Crippen molar-refractivity contribution in [3.05, 3.63) is 53.6 Å². The van der Waals surface area contributed by atoms with Crippen LogP contribution >= 0.6 is 0 Å². The molecule has 0 saturated carbocycles. The number of rotatable bonds is 6. The first-order valence-corrected chi connectivity index (χ1v) is 10.0. The number of nitrogens with zero attached hydrogens (tertiary/aromatic N) is 1. The van der Waals surface area contributed by atoms with Gasteiger partial charge in [-0.2, -0.15) is 0 Å². The van der Waals surface area contributed by atoms with Crippen molar-refractivity contribution in [1.29, 1.82) is 0 Å². The van der Waals surface area contributed by atoms with Crippen LogP contribution in [0.4, 0.5) is 11.4 Å². The Kier molecular flexibility index (Phi) is 5.92. The Hall–Kier alpha value is -2.54. The average Bonchev–Trinajstić information content (AvgIpc) is 2.60. The normalized spacial score (nSPS) is 11.3. The van der Waals surface area contributed by atoms with Crippen LogP contribution in [0.25, 0.3) is 0 Å². The molecule has 0 aliphatic rings. The lowest BCUT2D eigenvalue weighted by molar-refractivity contribution is 0.102. The summed E-state index contributed by atoms with van der Waals surface area (Å²) in [6, 6.07) is 12.3. The minimum absolute atomic E-state index is 0.258. The standard InChI is InChI=1S/C19H24N2O4S/c1-13(2)14-6-8-15(9-7-14)20-19(22)17-12-16(10-11-18(17)25-4)21(3)26(5,23)24/h6-13H,1-5H3,(H,20,22). The molecule has 0 aromatic heterocycles. The summed E-state index contributed by atoms with van der Waals surface area (Å²) < 4.78 is 29.8.